The van der Waals surface area contributed by atoms with E-state index in [1.54, 1.807) is 0 Å². The summed E-state index contributed by atoms with van der Waals surface area (Å²) in [6.45, 7) is 4.98. The summed E-state index contributed by atoms with van der Waals surface area (Å²) >= 11 is 4.98. The van der Waals surface area contributed by atoms with E-state index in [2.05, 4.69) is 19.1 Å². The van der Waals surface area contributed by atoms with Gasteiger partial charge in [-0.2, -0.15) is 0 Å². The highest BCUT2D eigenvalue weighted by molar-refractivity contribution is 7.80. The summed E-state index contributed by atoms with van der Waals surface area (Å²) in [5, 5.41) is 0.431. The zero-order valence-electron chi connectivity index (χ0n) is 8.66. The minimum atomic E-state index is 0.431. The summed E-state index contributed by atoms with van der Waals surface area (Å²) in [5.41, 5.74) is 8.01. The molecule has 76 valence electrons. The van der Waals surface area contributed by atoms with E-state index < -0.39 is 0 Å². The van der Waals surface area contributed by atoms with E-state index in [9.17, 15) is 0 Å². The number of hydrogen-bond donors (Lipinski definition) is 1. The quantitative estimate of drug-likeness (QED) is 0.773. The Morgan fingerprint density at radius 1 is 1.43 bits per heavy atom. The summed E-state index contributed by atoms with van der Waals surface area (Å²) < 4.78 is 0. The molecule has 0 saturated heterocycles. The van der Waals surface area contributed by atoms with Gasteiger partial charge in [-0.15, -0.1) is 0 Å². The predicted octanol–water partition coefficient (Wildman–Crippen LogP) is 2.32. The van der Waals surface area contributed by atoms with Crippen molar-refractivity contribution in [2.75, 3.05) is 11.4 Å². The van der Waals surface area contributed by atoms with Crippen molar-refractivity contribution in [3.05, 3.63) is 29.8 Å². The first-order valence-electron chi connectivity index (χ1n) is 4.85. The molecule has 0 amide bonds. The SMILES string of the molecule is CCc1cccc(N(CC)C(N)=S)c1. The van der Waals surface area contributed by atoms with Crippen LogP contribution in [0.2, 0.25) is 0 Å². The Kier molecular flexibility index (Phi) is 3.89. The number of nitrogens with two attached hydrogens (primary N) is 1. The molecule has 0 aliphatic rings. The average molecular weight is 208 g/mol. The van der Waals surface area contributed by atoms with Crippen LogP contribution in [0.15, 0.2) is 24.3 Å². The fraction of sp³-hybridized carbons (Fsp3) is 0.364. The van der Waals surface area contributed by atoms with E-state index in [0.717, 1.165) is 18.7 Å². The van der Waals surface area contributed by atoms with Crippen LogP contribution in [0.1, 0.15) is 19.4 Å². The van der Waals surface area contributed by atoms with Crippen molar-refractivity contribution in [2.45, 2.75) is 20.3 Å². The van der Waals surface area contributed by atoms with Crippen LogP contribution in [0.25, 0.3) is 0 Å². The maximum atomic E-state index is 5.63. The smallest absolute Gasteiger partial charge is 0.170 e. The van der Waals surface area contributed by atoms with Crippen LogP contribution in [0.4, 0.5) is 5.69 Å². The van der Waals surface area contributed by atoms with Crippen molar-refractivity contribution in [1.82, 2.24) is 0 Å². The molecule has 0 fully saturated rings. The molecule has 0 aliphatic carbocycles. The third-order valence-corrected chi connectivity index (χ3v) is 2.43. The number of nitrogens with zero attached hydrogens (tertiary/aromatic N) is 1. The lowest BCUT2D eigenvalue weighted by atomic mass is 10.1. The third-order valence-electron chi connectivity index (χ3n) is 2.21. The molecule has 0 atom stereocenters. The van der Waals surface area contributed by atoms with E-state index in [0.29, 0.717) is 5.11 Å². The number of thiocarbonyl (C=S) groups is 1. The molecule has 2 nitrogen and oxygen atoms in total. The molecule has 1 aromatic rings. The van der Waals surface area contributed by atoms with Crippen molar-refractivity contribution in [1.29, 1.82) is 0 Å². The minimum Gasteiger partial charge on any atom is -0.376 e. The fourth-order valence-electron chi connectivity index (χ4n) is 1.41. The van der Waals surface area contributed by atoms with E-state index >= 15 is 0 Å². The average Bonchev–Trinajstić information content (AvgIpc) is 2.19. The van der Waals surface area contributed by atoms with E-state index in [-0.39, 0.29) is 0 Å². The summed E-state index contributed by atoms with van der Waals surface area (Å²) in [4.78, 5) is 1.93. The van der Waals surface area contributed by atoms with Crippen LogP contribution in [-0.4, -0.2) is 11.7 Å². The molecule has 0 aliphatic heterocycles. The molecular weight excluding hydrogens is 192 g/mol. The number of anilines is 1. The number of hydrogen-bond acceptors (Lipinski definition) is 1. The van der Waals surface area contributed by atoms with Crippen LogP contribution in [-0.2, 0) is 6.42 Å². The standard InChI is InChI=1S/C11H16N2S/c1-3-9-6-5-7-10(8-9)13(4-2)11(12)14/h5-8H,3-4H2,1-2H3,(H2,12,14). The second-order valence-electron chi connectivity index (χ2n) is 3.11. The first kappa shape index (κ1) is 11.0. The van der Waals surface area contributed by atoms with Gasteiger partial charge in [0.15, 0.2) is 5.11 Å². The highest BCUT2D eigenvalue weighted by Gasteiger charge is 2.06. The van der Waals surface area contributed by atoms with E-state index in [4.69, 9.17) is 18.0 Å². The Hall–Kier alpha value is -1.09. The van der Waals surface area contributed by atoms with Crippen molar-refractivity contribution in [3.8, 4) is 0 Å². The highest BCUT2D eigenvalue weighted by atomic mass is 32.1. The molecule has 0 saturated carbocycles. The van der Waals surface area contributed by atoms with Gasteiger partial charge in [-0.25, -0.2) is 0 Å². The zero-order chi connectivity index (χ0) is 10.6. The lowest BCUT2D eigenvalue weighted by Gasteiger charge is -2.21. The number of benzene rings is 1. The fourth-order valence-corrected chi connectivity index (χ4v) is 1.64. The molecule has 14 heavy (non-hydrogen) atoms. The van der Waals surface area contributed by atoms with Gasteiger partial charge in [0.1, 0.15) is 0 Å². The highest BCUT2D eigenvalue weighted by Crippen LogP contribution is 2.16. The number of aryl methyl sites for hydroxylation is 1. The zero-order valence-corrected chi connectivity index (χ0v) is 9.47. The van der Waals surface area contributed by atoms with Crippen LogP contribution < -0.4 is 10.6 Å². The molecule has 1 rings (SSSR count). The van der Waals surface area contributed by atoms with Crippen molar-refractivity contribution >= 4 is 23.0 Å². The summed E-state index contributed by atoms with van der Waals surface area (Å²) in [6.07, 6.45) is 1.03. The topological polar surface area (TPSA) is 29.3 Å². The van der Waals surface area contributed by atoms with E-state index in [1.165, 1.54) is 5.56 Å². The summed E-state index contributed by atoms with van der Waals surface area (Å²) in [7, 11) is 0. The Morgan fingerprint density at radius 2 is 2.14 bits per heavy atom. The molecular formula is C11H16N2S. The summed E-state index contributed by atoms with van der Waals surface area (Å²) in [6, 6.07) is 8.30. The molecule has 0 spiro atoms. The van der Waals surface area contributed by atoms with E-state index in [1.807, 2.05) is 24.0 Å². The van der Waals surface area contributed by atoms with Gasteiger partial charge < -0.3 is 10.6 Å². The maximum absolute atomic E-state index is 5.63. The van der Waals surface area contributed by atoms with Gasteiger partial charge in [0.05, 0.1) is 0 Å². The first-order chi connectivity index (χ1) is 6.69. The predicted molar refractivity (Wildman–Crippen MR) is 65.6 cm³/mol. The second-order valence-corrected chi connectivity index (χ2v) is 3.52. The van der Waals surface area contributed by atoms with Crippen molar-refractivity contribution < 1.29 is 0 Å². The van der Waals surface area contributed by atoms with Crippen LogP contribution in [0, 0.1) is 0 Å². The minimum absolute atomic E-state index is 0.431. The molecule has 2 N–H and O–H groups in total. The Labute approximate surface area is 90.7 Å². The maximum Gasteiger partial charge on any atom is 0.170 e. The Bertz CT molecular complexity index is 323. The molecule has 0 heterocycles. The van der Waals surface area contributed by atoms with Gasteiger partial charge >= 0.3 is 0 Å². The molecule has 0 bridgehead atoms. The molecule has 0 unspecified atom stereocenters. The van der Waals surface area contributed by atoms with Crippen molar-refractivity contribution in [3.63, 3.8) is 0 Å². The Balaban J connectivity index is 2.98. The van der Waals surface area contributed by atoms with Crippen LogP contribution in [0.5, 0.6) is 0 Å². The monoisotopic (exact) mass is 208 g/mol. The van der Waals surface area contributed by atoms with Gasteiger partial charge in [0, 0.05) is 12.2 Å². The third kappa shape index (κ3) is 2.45. The van der Waals surface area contributed by atoms with Crippen molar-refractivity contribution in [2.24, 2.45) is 5.73 Å². The molecule has 0 radical (unpaired) electrons. The molecule has 0 aromatic heterocycles. The second kappa shape index (κ2) is 4.96. The first-order valence-corrected chi connectivity index (χ1v) is 5.25. The lowest BCUT2D eigenvalue weighted by molar-refractivity contribution is 1.05. The number of rotatable bonds is 3. The summed E-state index contributed by atoms with van der Waals surface area (Å²) in [5.74, 6) is 0. The van der Waals surface area contributed by atoms with Gasteiger partial charge in [0.2, 0.25) is 0 Å². The largest absolute Gasteiger partial charge is 0.376 e. The van der Waals surface area contributed by atoms with Gasteiger partial charge in [-0.3, -0.25) is 0 Å². The molecule has 1 aromatic carbocycles. The normalized spacial score (nSPS) is 9.86. The van der Waals surface area contributed by atoms with Gasteiger partial charge in [-0.05, 0) is 43.3 Å². The Morgan fingerprint density at radius 3 is 2.64 bits per heavy atom. The van der Waals surface area contributed by atoms with Crippen LogP contribution >= 0.6 is 12.2 Å². The van der Waals surface area contributed by atoms with Gasteiger partial charge in [0.25, 0.3) is 0 Å². The lowest BCUT2D eigenvalue weighted by Crippen LogP contribution is -2.35. The molecule has 3 heteroatoms. The van der Waals surface area contributed by atoms with Crippen LogP contribution in [0.3, 0.4) is 0 Å². The van der Waals surface area contributed by atoms with Gasteiger partial charge in [-0.1, -0.05) is 19.1 Å².